The minimum atomic E-state index is -0.565. The molecule has 0 saturated carbocycles. The molecule has 27 heavy (non-hydrogen) atoms. The zero-order valence-electron chi connectivity index (χ0n) is 14.4. The summed E-state index contributed by atoms with van der Waals surface area (Å²) in [5.74, 6) is -0.273. The smallest absolute Gasteiger partial charge is 0.245 e. The van der Waals surface area contributed by atoms with Crippen molar-refractivity contribution in [2.24, 2.45) is 0 Å². The van der Waals surface area contributed by atoms with Gasteiger partial charge in [0, 0.05) is 19.5 Å². The van der Waals surface area contributed by atoms with Crippen LogP contribution in [0.15, 0.2) is 43.0 Å². The van der Waals surface area contributed by atoms with E-state index < -0.39 is 5.91 Å². The standard InChI is InChI=1S/C17H19N7O3/c25-13(23-27)6-7-18-14(26)9-24-11-22-15-16(20-10-21-17(15)24)19-8-12-4-2-1-3-5-12/h1-5,10-11,27H,6-9H2,(H,18,26)(H,23,25)(H,19,20,21). The van der Waals surface area contributed by atoms with Crippen molar-refractivity contribution < 1.29 is 14.8 Å². The maximum atomic E-state index is 12.0. The molecule has 0 fully saturated rings. The molecule has 2 amide bonds. The predicted molar refractivity (Wildman–Crippen MR) is 96.6 cm³/mol. The van der Waals surface area contributed by atoms with Crippen LogP contribution < -0.4 is 16.1 Å². The SMILES string of the molecule is O=C(CCNC(=O)Cn1cnc2c(NCc3ccccc3)ncnc21)NO. The number of fused-ring (bicyclic) bond motifs is 1. The van der Waals surface area contributed by atoms with Crippen LogP contribution in [-0.2, 0) is 22.7 Å². The Morgan fingerprint density at radius 3 is 2.67 bits per heavy atom. The fourth-order valence-corrected chi connectivity index (χ4v) is 2.49. The Kier molecular flexibility index (Phi) is 5.90. The highest BCUT2D eigenvalue weighted by Crippen LogP contribution is 2.18. The molecular formula is C17H19N7O3. The van der Waals surface area contributed by atoms with Gasteiger partial charge in [0.05, 0.1) is 6.33 Å². The van der Waals surface area contributed by atoms with E-state index in [9.17, 15) is 9.59 Å². The number of aromatic nitrogens is 4. The number of hydrogen-bond donors (Lipinski definition) is 4. The average Bonchev–Trinajstić information content (AvgIpc) is 3.10. The number of nitrogens with zero attached hydrogens (tertiary/aromatic N) is 4. The number of rotatable bonds is 8. The summed E-state index contributed by atoms with van der Waals surface area (Å²) >= 11 is 0. The van der Waals surface area contributed by atoms with Crippen molar-refractivity contribution in [1.29, 1.82) is 0 Å². The molecule has 0 unspecified atom stereocenters. The highest BCUT2D eigenvalue weighted by molar-refractivity contribution is 5.84. The molecular weight excluding hydrogens is 350 g/mol. The van der Waals surface area contributed by atoms with Crippen LogP contribution in [0, 0.1) is 0 Å². The fourth-order valence-electron chi connectivity index (χ4n) is 2.49. The van der Waals surface area contributed by atoms with Gasteiger partial charge in [-0.3, -0.25) is 14.8 Å². The van der Waals surface area contributed by atoms with Gasteiger partial charge in [0.15, 0.2) is 11.5 Å². The predicted octanol–water partition coefficient (Wildman–Crippen LogP) is 0.450. The minimum Gasteiger partial charge on any atom is -0.364 e. The third kappa shape index (κ3) is 4.76. The molecule has 0 aliphatic rings. The summed E-state index contributed by atoms with van der Waals surface area (Å²) < 4.78 is 1.60. The maximum absolute atomic E-state index is 12.0. The third-order valence-corrected chi connectivity index (χ3v) is 3.82. The van der Waals surface area contributed by atoms with Crippen LogP contribution in [0.5, 0.6) is 0 Å². The first kappa shape index (κ1) is 18.3. The Morgan fingerprint density at radius 1 is 1.07 bits per heavy atom. The lowest BCUT2D eigenvalue weighted by Gasteiger charge is -2.07. The monoisotopic (exact) mass is 369 g/mol. The Bertz CT molecular complexity index is 927. The lowest BCUT2D eigenvalue weighted by Crippen LogP contribution is -2.31. The van der Waals surface area contributed by atoms with E-state index in [0.717, 1.165) is 5.56 Å². The first-order valence-corrected chi connectivity index (χ1v) is 8.30. The van der Waals surface area contributed by atoms with Crippen LogP contribution >= 0.6 is 0 Å². The molecule has 0 radical (unpaired) electrons. The number of benzene rings is 1. The van der Waals surface area contributed by atoms with E-state index in [1.165, 1.54) is 18.1 Å². The molecule has 3 aromatic rings. The minimum absolute atomic E-state index is 0.00633. The number of carbonyl (C=O) groups is 2. The number of hydrogen-bond acceptors (Lipinski definition) is 7. The molecule has 0 aliphatic carbocycles. The van der Waals surface area contributed by atoms with Crippen molar-refractivity contribution in [2.75, 3.05) is 11.9 Å². The van der Waals surface area contributed by atoms with Crippen molar-refractivity contribution in [3.8, 4) is 0 Å². The summed E-state index contributed by atoms with van der Waals surface area (Å²) in [4.78, 5) is 35.7. The summed E-state index contributed by atoms with van der Waals surface area (Å²) in [5.41, 5.74) is 3.72. The first-order valence-electron chi connectivity index (χ1n) is 8.30. The maximum Gasteiger partial charge on any atom is 0.245 e. The van der Waals surface area contributed by atoms with Gasteiger partial charge in [-0.2, -0.15) is 0 Å². The number of imidazole rings is 1. The molecule has 10 nitrogen and oxygen atoms in total. The fraction of sp³-hybridized carbons (Fsp3) is 0.235. The van der Waals surface area contributed by atoms with Crippen molar-refractivity contribution in [1.82, 2.24) is 30.3 Å². The van der Waals surface area contributed by atoms with E-state index in [4.69, 9.17) is 5.21 Å². The summed E-state index contributed by atoms with van der Waals surface area (Å²) in [5, 5.41) is 14.2. The normalized spacial score (nSPS) is 10.6. The van der Waals surface area contributed by atoms with Crippen LogP contribution in [0.1, 0.15) is 12.0 Å². The van der Waals surface area contributed by atoms with Gasteiger partial charge < -0.3 is 15.2 Å². The number of anilines is 1. The summed E-state index contributed by atoms with van der Waals surface area (Å²) in [7, 11) is 0. The third-order valence-electron chi connectivity index (χ3n) is 3.82. The van der Waals surface area contributed by atoms with E-state index >= 15 is 0 Å². The zero-order valence-corrected chi connectivity index (χ0v) is 14.4. The highest BCUT2D eigenvalue weighted by Gasteiger charge is 2.12. The molecule has 2 heterocycles. The molecule has 0 saturated heterocycles. The van der Waals surface area contributed by atoms with Crippen molar-refractivity contribution in [3.05, 3.63) is 48.5 Å². The van der Waals surface area contributed by atoms with Gasteiger partial charge in [-0.1, -0.05) is 30.3 Å². The van der Waals surface area contributed by atoms with Gasteiger partial charge >= 0.3 is 0 Å². The second-order valence-electron chi connectivity index (χ2n) is 5.74. The second-order valence-corrected chi connectivity index (χ2v) is 5.74. The van der Waals surface area contributed by atoms with Gasteiger partial charge in [0.25, 0.3) is 0 Å². The van der Waals surface area contributed by atoms with E-state index in [2.05, 4.69) is 25.6 Å². The Labute approximate surface area is 154 Å². The van der Waals surface area contributed by atoms with Crippen LogP contribution in [0.4, 0.5) is 5.82 Å². The summed E-state index contributed by atoms with van der Waals surface area (Å²) in [6.07, 6.45) is 2.92. The number of carbonyl (C=O) groups excluding carboxylic acids is 2. The van der Waals surface area contributed by atoms with Crippen LogP contribution in [0.2, 0.25) is 0 Å². The molecule has 10 heteroatoms. The number of nitrogens with one attached hydrogen (secondary N) is 3. The van der Waals surface area contributed by atoms with Crippen LogP contribution in [0.3, 0.4) is 0 Å². The lowest BCUT2D eigenvalue weighted by atomic mass is 10.2. The second kappa shape index (κ2) is 8.72. The van der Waals surface area contributed by atoms with E-state index in [-0.39, 0.29) is 25.4 Å². The average molecular weight is 369 g/mol. The van der Waals surface area contributed by atoms with Crippen molar-refractivity contribution in [3.63, 3.8) is 0 Å². The Hall–Kier alpha value is -3.53. The summed E-state index contributed by atoms with van der Waals surface area (Å²) in [6, 6.07) is 9.89. The van der Waals surface area contributed by atoms with E-state index in [1.54, 1.807) is 4.57 Å². The van der Waals surface area contributed by atoms with Gasteiger partial charge in [0.2, 0.25) is 11.8 Å². The molecule has 1 aromatic carbocycles. The Balaban J connectivity index is 1.64. The summed E-state index contributed by atoms with van der Waals surface area (Å²) in [6.45, 7) is 0.719. The molecule has 4 N–H and O–H groups in total. The first-order chi connectivity index (χ1) is 13.2. The van der Waals surface area contributed by atoms with E-state index in [1.807, 2.05) is 30.3 Å². The molecule has 0 spiro atoms. The van der Waals surface area contributed by atoms with Gasteiger partial charge in [-0.05, 0) is 5.56 Å². The molecule has 0 atom stereocenters. The molecule has 140 valence electrons. The zero-order chi connectivity index (χ0) is 19.1. The Morgan fingerprint density at radius 2 is 1.89 bits per heavy atom. The van der Waals surface area contributed by atoms with Crippen LogP contribution in [-0.4, -0.2) is 43.1 Å². The van der Waals surface area contributed by atoms with Gasteiger partial charge in [0.1, 0.15) is 18.4 Å². The number of hydroxylamine groups is 1. The van der Waals surface area contributed by atoms with E-state index in [0.29, 0.717) is 23.5 Å². The molecule has 2 aromatic heterocycles. The lowest BCUT2D eigenvalue weighted by molar-refractivity contribution is -0.129. The largest absolute Gasteiger partial charge is 0.364 e. The number of amides is 2. The van der Waals surface area contributed by atoms with Crippen molar-refractivity contribution in [2.45, 2.75) is 19.5 Å². The highest BCUT2D eigenvalue weighted by atomic mass is 16.5. The van der Waals surface area contributed by atoms with Gasteiger partial charge in [-0.15, -0.1) is 0 Å². The topological polar surface area (TPSA) is 134 Å². The van der Waals surface area contributed by atoms with Crippen molar-refractivity contribution >= 4 is 28.8 Å². The molecule has 0 aliphatic heterocycles. The van der Waals surface area contributed by atoms with Gasteiger partial charge in [-0.25, -0.2) is 20.4 Å². The molecule has 0 bridgehead atoms. The molecule has 3 rings (SSSR count). The quantitative estimate of drug-likeness (QED) is 0.334. The van der Waals surface area contributed by atoms with Crippen LogP contribution in [0.25, 0.3) is 11.2 Å².